The number of oxazole rings is 1. The third kappa shape index (κ3) is 4.73. The first-order valence-electron chi connectivity index (χ1n) is 11.2. The van der Waals surface area contributed by atoms with Gasteiger partial charge in [0.05, 0.1) is 20.3 Å². The number of hydrogen-bond donors (Lipinski definition) is 2. The Morgan fingerprint density at radius 3 is 2.74 bits per heavy atom. The number of fused-ring (bicyclic) bond motifs is 2. The molecule has 1 aliphatic rings. The molecule has 9 nitrogen and oxygen atoms in total. The first-order valence-corrected chi connectivity index (χ1v) is 11.2. The van der Waals surface area contributed by atoms with Crippen molar-refractivity contribution >= 4 is 16.8 Å². The van der Waals surface area contributed by atoms with Crippen LogP contribution in [0.15, 0.2) is 40.8 Å². The maximum atomic E-state index is 14.0. The largest absolute Gasteiger partial charge is 0.494 e. The van der Waals surface area contributed by atoms with Gasteiger partial charge >= 0.3 is 6.18 Å². The smallest absolute Gasteiger partial charge is 0.433 e. The summed E-state index contributed by atoms with van der Waals surface area (Å²) in [6.07, 6.45) is -4.66. The fourth-order valence-electron chi connectivity index (χ4n) is 4.13. The standard InChI is InChI=1S/C25H20F4N4O5/c1-35-17-4-2-16(15-3-5-19(25(27,28)29)32-20(15)17)24-33-21(18(8-30)38-24)23(34)31-9-12-6-14(26)7-13-10-36-11-37-22(12)13/h2-7H,8-11,30H2,1H3,(H,31,34). The number of alkyl halides is 3. The Hall–Kier alpha value is -4.23. The average Bonchev–Trinajstić information content (AvgIpc) is 3.34. The molecule has 2 aromatic heterocycles. The Kier molecular flexibility index (Phi) is 6.63. The SMILES string of the molecule is COc1ccc(-c2nc(C(=O)NCc3cc(F)cc4c3OCOC4)c(CN)o2)c2ccc(C(F)(F)F)nc12. The Labute approximate surface area is 212 Å². The summed E-state index contributed by atoms with van der Waals surface area (Å²) in [5, 5.41) is 2.91. The Balaban J connectivity index is 1.47. The molecular weight excluding hydrogens is 512 g/mol. The molecule has 1 amide bonds. The number of benzene rings is 2. The minimum absolute atomic E-state index is 0.00130. The summed E-state index contributed by atoms with van der Waals surface area (Å²) < 4.78 is 75.3. The van der Waals surface area contributed by atoms with Gasteiger partial charge in [0.25, 0.3) is 5.91 Å². The van der Waals surface area contributed by atoms with Crippen molar-refractivity contribution in [1.29, 1.82) is 0 Å². The van der Waals surface area contributed by atoms with E-state index in [1.807, 2.05) is 0 Å². The number of methoxy groups -OCH3 is 1. The van der Waals surface area contributed by atoms with Crippen LogP contribution in [0.4, 0.5) is 17.6 Å². The number of amides is 1. The number of ether oxygens (including phenoxy) is 3. The van der Waals surface area contributed by atoms with Gasteiger partial charge in [-0.2, -0.15) is 13.2 Å². The molecule has 5 rings (SSSR count). The topological polar surface area (TPSA) is 122 Å². The number of rotatable bonds is 6. The molecule has 0 saturated heterocycles. The monoisotopic (exact) mass is 532 g/mol. The number of hydrogen-bond acceptors (Lipinski definition) is 8. The lowest BCUT2D eigenvalue weighted by Gasteiger charge is -2.21. The number of aromatic nitrogens is 2. The molecule has 38 heavy (non-hydrogen) atoms. The minimum atomic E-state index is -4.66. The summed E-state index contributed by atoms with van der Waals surface area (Å²) in [4.78, 5) is 21.0. The van der Waals surface area contributed by atoms with Crippen LogP contribution in [0, 0.1) is 5.82 Å². The third-order valence-electron chi connectivity index (χ3n) is 5.85. The van der Waals surface area contributed by atoms with Crippen LogP contribution in [0.25, 0.3) is 22.4 Å². The number of nitrogens with two attached hydrogens (primary N) is 1. The second-order valence-electron chi connectivity index (χ2n) is 8.25. The van der Waals surface area contributed by atoms with Gasteiger partial charge < -0.3 is 29.7 Å². The van der Waals surface area contributed by atoms with Crippen LogP contribution in [-0.4, -0.2) is 29.8 Å². The molecule has 0 atom stereocenters. The van der Waals surface area contributed by atoms with Gasteiger partial charge in [0.1, 0.15) is 28.5 Å². The molecule has 198 valence electrons. The molecule has 13 heteroatoms. The lowest BCUT2D eigenvalue weighted by Crippen LogP contribution is -2.26. The first kappa shape index (κ1) is 25.4. The van der Waals surface area contributed by atoms with Crippen molar-refractivity contribution in [3.8, 4) is 23.0 Å². The van der Waals surface area contributed by atoms with E-state index in [4.69, 9.17) is 24.4 Å². The van der Waals surface area contributed by atoms with Crippen LogP contribution in [-0.2, 0) is 30.6 Å². The second-order valence-corrected chi connectivity index (χ2v) is 8.25. The molecule has 3 heterocycles. The number of carbonyl (C=O) groups excluding carboxylic acids is 1. The van der Waals surface area contributed by atoms with Gasteiger partial charge in [-0.05, 0) is 36.4 Å². The Morgan fingerprint density at radius 2 is 2.00 bits per heavy atom. The van der Waals surface area contributed by atoms with Gasteiger partial charge in [0.15, 0.2) is 18.2 Å². The lowest BCUT2D eigenvalue weighted by atomic mass is 10.1. The quantitative estimate of drug-likeness (QED) is 0.353. The minimum Gasteiger partial charge on any atom is -0.494 e. The van der Waals surface area contributed by atoms with Crippen molar-refractivity contribution in [3.63, 3.8) is 0 Å². The van der Waals surface area contributed by atoms with Gasteiger partial charge in [-0.1, -0.05) is 0 Å². The number of carbonyl (C=O) groups is 1. The first-order chi connectivity index (χ1) is 18.2. The molecule has 1 aliphatic heterocycles. The zero-order valence-corrected chi connectivity index (χ0v) is 19.8. The van der Waals surface area contributed by atoms with Gasteiger partial charge in [0, 0.05) is 28.6 Å². The molecule has 0 bridgehead atoms. The molecular formula is C25H20F4N4O5. The van der Waals surface area contributed by atoms with E-state index in [1.165, 1.54) is 37.4 Å². The predicted octanol–water partition coefficient (Wildman–Crippen LogP) is 4.31. The van der Waals surface area contributed by atoms with Crippen molar-refractivity contribution in [2.45, 2.75) is 25.9 Å². The number of nitrogens with zero attached hydrogens (tertiary/aromatic N) is 2. The zero-order chi connectivity index (χ0) is 27.0. The van der Waals surface area contributed by atoms with Crippen LogP contribution in [0.5, 0.6) is 11.5 Å². The van der Waals surface area contributed by atoms with Gasteiger partial charge in [-0.3, -0.25) is 4.79 Å². The number of halogens is 4. The number of nitrogens with one attached hydrogen (secondary N) is 1. The van der Waals surface area contributed by atoms with Gasteiger partial charge in [-0.15, -0.1) is 0 Å². The summed E-state index contributed by atoms with van der Waals surface area (Å²) in [6, 6.07) is 7.55. The normalized spacial score (nSPS) is 13.2. The van der Waals surface area contributed by atoms with Gasteiger partial charge in [-0.25, -0.2) is 14.4 Å². The summed E-state index contributed by atoms with van der Waals surface area (Å²) in [6.45, 7) is -0.0945. The van der Waals surface area contributed by atoms with E-state index in [-0.39, 0.29) is 66.1 Å². The second kappa shape index (κ2) is 9.91. The highest BCUT2D eigenvalue weighted by Gasteiger charge is 2.33. The summed E-state index contributed by atoms with van der Waals surface area (Å²) >= 11 is 0. The van der Waals surface area contributed by atoms with E-state index < -0.39 is 23.6 Å². The zero-order valence-electron chi connectivity index (χ0n) is 19.8. The molecule has 0 aliphatic carbocycles. The predicted molar refractivity (Wildman–Crippen MR) is 125 cm³/mol. The Morgan fingerprint density at radius 1 is 1.18 bits per heavy atom. The molecule has 2 aromatic carbocycles. The highest BCUT2D eigenvalue weighted by atomic mass is 19.4. The van der Waals surface area contributed by atoms with Crippen LogP contribution in [0.1, 0.15) is 33.1 Å². The van der Waals surface area contributed by atoms with Crippen LogP contribution in [0.3, 0.4) is 0 Å². The van der Waals surface area contributed by atoms with Crippen molar-refractivity contribution in [3.05, 3.63) is 70.5 Å². The maximum absolute atomic E-state index is 14.0. The lowest BCUT2D eigenvalue weighted by molar-refractivity contribution is -0.140. The van der Waals surface area contributed by atoms with E-state index in [9.17, 15) is 22.4 Å². The van der Waals surface area contributed by atoms with Crippen molar-refractivity contribution in [2.75, 3.05) is 13.9 Å². The highest BCUT2D eigenvalue weighted by molar-refractivity contribution is 5.98. The van der Waals surface area contributed by atoms with Crippen LogP contribution >= 0.6 is 0 Å². The fraction of sp³-hybridized carbons (Fsp3) is 0.240. The summed E-state index contributed by atoms with van der Waals surface area (Å²) in [7, 11) is 1.31. The molecule has 0 radical (unpaired) electrons. The van der Waals surface area contributed by atoms with E-state index in [1.54, 1.807) is 0 Å². The number of pyridine rings is 1. The molecule has 4 aromatic rings. The van der Waals surface area contributed by atoms with E-state index in [0.717, 1.165) is 6.07 Å². The van der Waals surface area contributed by atoms with Crippen molar-refractivity contribution < 1.29 is 41.0 Å². The molecule has 0 saturated carbocycles. The molecule has 0 fully saturated rings. The van der Waals surface area contributed by atoms with Crippen LogP contribution < -0.4 is 20.5 Å². The van der Waals surface area contributed by atoms with Crippen molar-refractivity contribution in [1.82, 2.24) is 15.3 Å². The van der Waals surface area contributed by atoms with Crippen molar-refractivity contribution in [2.24, 2.45) is 5.73 Å². The molecule has 0 unspecified atom stereocenters. The molecule has 3 N–H and O–H groups in total. The van der Waals surface area contributed by atoms with E-state index in [0.29, 0.717) is 16.9 Å². The summed E-state index contributed by atoms with van der Waals surface area (Å²) in [5.74, 6) is -0.624. The Bertz CT molecular complexity index is 1540. The highest BCUT2D eigenvalue weighted by Crippen LogP contribution is 2.37. The summed E-state index contributed by atoms with van der Waals surface area (Å²) in [5.41, 5.74) is 5.70. The fourth-order valence-corrected chi connectivity index (χ4v) is 4.13. The van der Waals surface area contributed by atoms with Gasteiger partial charge in [0.2, 0.25) is 5.89 Å². The van der Waals surface area contributed by atoms with E-state index in [2.05, 4.69) is 15.3 Å². The average molecular weight is 532 g/mol. The third-order valence-corrected chi connectivity index (χ3v) is 5.85. The van der Waals surface area contributed by atoms with Crippen LogP contribution in [0.2, 0.25) is 0 Å². The molecule has 0 spiro atoms. The maximum Gasteiger partial charge on any atom is 0.433 e. The van der Waals surface area contributed by atoms with E-state index >= 15 is 0 Å².